The number of aromatic nitrogens is 2. The van der Waals surface area contributed by atoms with Crippen LogP contribution < -0.4 is 5.73 Å². The first kappa shape index (κ1) is 19.3. The number of hydrogen-bond acceptors (Lipinski definition) is 3. The van der Waals surface area contributed by atoms with Gasteiger partial charge < -0.3 is 10.6 Å². The summed E-state index contributed by atoms with van der Waals surface area (Å²) >= 11 is 0. The van der Waals surface area contributed by atoms with Gasteiger partial charge in [0.15, 0.2) is 0 Å². The largest absolute Gasteiger partial charge is 0.330 e. The van der Waals surface area contributed by atoms with Crippen molar-refractivity contribution in [3.05, 3.63) is 76.5 Å². The van der Waals surface area contributed by atoms with Gasteiger partial charge in [0.25, 0.3) is 5.91 Å². The Morgan fingerprint density at radius 2 is 1.90 bits per heavy atom. The number of halogens is 2. The molecule has 1 aliphatic rings. The predicted octanol–water partition coefficient (Wildman–Crippen LogP) is 3.20. The Bertz CT molecular complexity index is 1050. The molecule has 5 nitrogen and oxygen atoms in total. The van der Waals surface area contributed by atoms with Gasteiger partial charge in [-0.25, -0.2) is 8.78 Å². The second kappa shape index (κ2) is 7.40. The fourth-order valence-electron chi connectivity index (χ4n) is 4.07. The Morgan fingerprint density at radius 1 is 1.17 bits per heavy atom. The number of carbonyl (C=O) groups excluding carboxylic acids is 1. The van der Waals surface area contributed by atoms with E-state index in [9.17, 15) is 13.6 Å². The van der Waals surface area contributed by atoms with E-state index in [1.165, 1.54) is 12.1 Å². The molecule has 0 saturated carbocycles. The van der Waals surface area contributed by atoms with Crippen LogP contribution in [0.5, 0.6) is 0 Å². The molecule has 0 radical (unpaired) electrons. The van der Waals surface area contributed by atoms with Crippen molar-refractivity contribution in [3.63, 3.8) is 0 Å². The topological polar surface area (TPSA) is 64.2 Å². The van der Waals surface area contributed by atoms with Gasteiger partial charge in [0.05, 0.1) is 11.9 Å². The summed E-state index contributed by atoms with van der Waals surface area (Å²) in [4.78, 5) is 14.6. The molecular weight excluding hydrogens is 374 g/mol. The van der Waals surface area contributed by atoms with Gasteiger partial charge >= 0.3 is 0 Å². The zero-order valence-electron chi connectivity index (χ0n) is 16.3. The molecule has 29 heavy (non-hydrogen) atoms. The van der Waals surface area contributed by atoms with Crippen LogP contribution in [-0.4, -0.2) is 33.2 Å². The summed E-state index contributed by atoms with van der Waals surface area (Å²) in [7, 11) is 1.88. The van der Waals surface area contributed by atoms with Crippen molar-refractivity contribution in [3.8, 4) is 11.3 Å². The standard InChI is InChI=1S/C22H22F2N4O/c1-13-11-26-27(2)21(13)15-3-4-20-16(8-15)12-28(22(20)29)19(10-25)7-14-5-17(23)9-18(24)6-14/h3-6,8-9,11,19H,7,10,12,25H2,1-2H3/t19-/m0/s1. The highest BCUT2D eigenvalue weighted by Gasteiger charge is 2.32. The predicted molar refractivity (Wildman–Crippen MR) is 106 cm³/mol. The number of benzene rings is 2. The number of carbonyl (C=O) groups is 1. The third-order valence-electron chi connectivity index (χ3n) is 5.44. The van der Waals surface area contributed by atoms with E-state index in [-0.39, 0.29) is 18.5 Å². The van der Waals surface area contributed by atoms with Crippen LogP contribution in [0, 0.1) is 18.6 Å². The van der Waals surface area contributed by atoms with Crippen LogP contribution in [0.3, 0.4) is 0 Å². The van der Waals surface area contributed by atoms with Crippen LogP contribution in [-0.2, 0) is 20.0 Å². The molecule has 2 N–H and O–H groups in total. The maximum absolute atomic E-state index is 13.5. The summed E-state index contributed by atoms with van der Waals surface area (Å²) in [6.07, 6.45) is 2.10. The zero-order chi connectivity index (χ0) is 20.7. The molecule has 0 saturated heterocycles. The fraction of sp³-hybridized carbons (Fsp3) is 0.273. The second-order valence-corrected chi connectivity index (χ2v) is 7.48. The minimum atomic E-state index is -0.636. The van der Waals surface area contributed by atoms with E-state index in [0.29, 0.717) is 24.1 Å². The average Bonchev–Trinajstić information content (AvgIpc) is 3.17. The number of amides is 1. The number of nitrogens with two attached hydrogens (primary N) is 1. The molecule has 1 amide bonds. The highest BCUT2D eigenvalue weighted by atomic mass is 19.1. The molecule has 1 atom stereocenters. The van der Waals surface area contributed by atoms with E-state index >= 15 is 0 Å². The molecule has 1 aromatic heterocycles. The first-order valence-electron chi connectivity index (χ1n) is 9.45. The highest BCUT2D eigenvalue weighted by molar-refractivity contribution is 5.99. The van der Waals surface area contributed by atoms with E-state index in [2.05, 4.69) is 5.10 Å². The number of aryl methyl sites for hydroxylation is 2. The Hall–Kier alpha value is -3.06. The summed E-state index contributed by atoms with van der Waals surface area (Å²) in [6, 6.07) is 8.80. The second-order valence-electron chi connectivity index (χ2n) is 7.48. The SMILES string of the molecule is Cc1cnn(C)c1-c1ccc2c(c1)CN([C@H](CN)Cc1cc(F)cc(F)c1)C2=O. The molecule has 4 rings (SSSR count). The van der Waals surface area contributed by atoms with Crippen LogP contribution in [0.15, 0.2) is 42.6 Å². The molecule has 2 aromatic carbocycles. The maximum atomic E-state index is 13.5. The summed E-state index contributed by atoms with van der Waals surface area (Å²) < 4.78 is 28.9. The van der Waals surface area contributed by atoms with Gasteiger partial charge in [-0.1, -0.05) is 6.07 Å². The molecule has 7 heteroatoms. The van der Waals surface area contributed by atoms with Crippen molar-refractivity contribution < 1.29 is 13.6 Å². The zero-order valence-corrected chi connectivity index (χ0v) is 16.3. The third-order valence-corrected chi connectivity index (χ3v) is 5.44. The number of nitrogens with zero attached hydrogens (tertiary/aromatic N) is 3. The lowest BCUT2D eigenvalue weighted by atomic mass is 10.0. The minimum absolute atomic E-state index is 0.111. The normalized spacial score (nSPS) is 14.4. The fourth-order valence-corrected chi connectivity index (χ4v) is 4.07. The van der Waals surface area contributed by atoms with Gasteiger partial charge in [0.1, 0.15) is 11.6 Å². The van der Waals surface area contributed by atoms with Gasteiger partial charge in [0, 0.05) is 43.4 Å². The van der Waals surface area contributed by atoms with Gasteiger partial charge in [-0.2, -0.15) is 5.10 Å². The first-order valence-corrected chi connectivity index (χ1v) is 9.45. The summed E-state index contributed by atoms with van der Waals surface area (Å²) in [5, 5.41) is 4.28. The van der Waals surface area contributed by atoms with Gasteiger partial charge in [-0.05, 0) is 54.3 Å². The van der Waals surface area contributed by atoms with Crippen molar-refractivity contribution in [1.29, 1.82) is 0 Å². The smallest absolute Gasteiger partial charge is 0.254 e. The number of fused-ring (bicyclic) bond motifs is 1. The lowest BCUT2D eigenvalue weighted by molar-refractivity contribution is 0.0708. The lowest BCUT2D eigenvalue weighted by Crippen LogP contribution is -2.42. The molecule has 0 spiro atoms. The van der Waals surface area contributed by atoms with Gasteiger partial charge in [-0.15, -0.1) is 0 Å². The van der Waals surface area contributed by atoms with Crippen molar-refractivity contribution in [2.24, 2.45) is 12.8 Å². The summed E-state index contributed by atoms with van der Waals surface area (Å²) in [6.45, 7) is 2.61. The molecule has 0 unspecified atom stereocenters. The van der Waals surface area contributed by atoms with Gasteiger partial charge in [-0.3, -0.25) is 9.48 Å². The third kappa shape index (κ3) is 3.53. The van der Waals surface area contributed by atoms with Crippen molar-refractivity contribution in [2.75, 3.05) is 6.54 Å². The highest BCUT2D eigenvalue weighted by Crippen LogP contribution is 2.31. The molecule has 3 aromatic rings. The summed E-state index contributed by atoms with van der Waals surface area (Å²) in [5.41, 5.74) is 11.0. The van der Waals surface area contributed by atoms with Crippen LogP contribution in [0.4, 0.5) is 8.78 Å². The quantitative estimate of drug-likeness (QED) is 0.720. The average molecular weight is 396 g/mol. The number of rotatable bonds is 5. The van der Waals surface area contributed by atoms with E-state index < -0.39 is 11.6 Å². The van der Waals surface area contributed by atoms with Crippen LogP contribution >= 0.6 is 0 Å². The van der Waals surface area contributed by atoms with Crippen molar-refractivity contribution in [1.82, 2.24) is 14.7 Å². The maximum Gasteiger partial charge on any atom is 0.254 e. The van der Waals surface area contributed by atoms with E-state index in [0.717, 1.165) is 28.5 Å². The molecule has 0 bridgehead atoms. The Balaban J connectivity index is 1.61. The molecule has 0 fully saturated rings. The minimum Gasteiger partial charge on any atom is -0.330 e. The molecule has 1 aliphatic heterocycles. The van der Waals surface area contributed by atoms with Crippen LogP contribution in [0.25, 0.3) is 11.3 Å². The molecule has 0 aliphatic carbocycles. The summed E-state index contributed by atoms with van der Waals surface area (Å²) in [5.74, 6) is -1.38. The monoisotopic (exact) mass is 396 g/mol. The molecule has 150 valence electrons. The van der Waals surface area contributed by atoms with Crippen molar-refractivity contribution >= 4 is 5.91 Å². The Kier molecular flexibility index (Phi) is 4.92. The number of hydrogen-bond donors (Lipinski definition) is 1. The van der Waals surface area contributed by atoms with E-state index in [1.807, 2.05) is 43.0 Å². The Labute approximate surface area is 167 Å². The van der Waals surface area contributed by atoms with Crippen molar-refractivity contribution in [2.45, 2.75) is 25.9 Å². The van der Waals surface area contributed by atoms with E-state index in [1.54, 1.807) is 4.90 Å². The van der Waals surface area contributed by atoms with Gasteiger partial charge in [0.2, 0.25) is 0 Å². The molecule has 2 heterocycles. The first-order chi connectivity index (χ1) is 13.9. The van der Waals surface area contributed by atoms with E-state index in [4.69, 9.17) is 5.73 Å². The lowest BCUT2D eigenvalue weighted by Gasteiger charge is -2.26. The Morgan fingerprint density at radius 3 is 2.52 bits per heavy atom. The molecular formula is C22H22F2N4O. The van der Waals surface area contributed by atoms with Crippen LogP contribution in [0.2, 0.25) is 0 Å². The van der Waals surface area contributed by atoms with Crippen LogP contribution in [0.1, 0.15) is 27.0 Å².